The van der Waals surface area contributed by atoms with Gasteiger partial charge in [-0.2, -0.15) is 0 Å². The van der Waals surface area contributed by atoms with E-state index in [2.05, 4.69) is 5.32 Å². The Labute approximate surface area is 108 Å². The number of carbonyl (C=O) groups excluding carboxylic acids is 2. The molecule has 1 atom stereocenters. The van der Waals surface area contributed by atoms with Gasteiger partial charge in [0.25, 0.3) is 0 Å². The molecular formula is C12H14F2N2O3. The number of rotatable bonds is 4. The number of anilines is 1. The van der Waals surface area contributed by atoms with Gasteiger partial charge < -0.3 is 15.7 Å². The van der Waals surface area contributed by atoms with E-state index in [1.165, 1.54) is 6.92 Å². The molecule has 0 aromatic heterocycles. The van der Waals surface area contributed by atoms with E-state index in [1.54, 1.807) is 0 Å². The van der Waals surface area contributed by atoms with Crippen molar-refractivity contribution in [2.24, 2.45) is 0 Å². The van der Waals surface area contributed by atoms with Crippen molar-refractivity contribution in [1.29, 1.82) is 0 Å². The highest BCUT2D eigenvalue weighted by Crippen LogP contribution is 2.17. The predicted molar refractivity (Wildman–Crippen MR) is 64.3 cm³/mol. The second-order valence-corrected chi connectivity index (χ2v) is 3.94. The van der Waals surface area contributed by atoms with Crippen molar-refractivity contribution >= 4 is 17.5 Å². The second-order valence-electron chi connectivity index (χ2n) is 3.94. The lowest BCUT2D eigenvalue weighted by molar-refractivity contribution is -0.136. The first-order chi connectivity index (χ1) is 8.91. The Kier molecular flexibility index (Phi) is 5.37. The van der Waals surface area contributed by atoms with E-state index in [0.717, 1.165) is 18.2 Å². The second kappa shape index (κ2) is 6.79. The first-order valence-electron chi connectivity index (χ1n) is 5.63. The number of amides is 2. The lowest BCUT2D eigenvalue weighted by Gasteiger charge is -2.08. The highest BCUT2D eigenvalue weighted by Gasteiger charge is 2.17. The first-order valence-corrected chi connectivity index (χ1v) is 5.63. The Morgan fingerprint density at radius 1 is 1.26 bits per heavy atom. The standard InChI is InChI=1S/C12H14F2N2O3/c1-7(17)5-6-15-11(18)12(19)16-10-8(13)3-2-4-9(10)14/h2-4,7,17H,5-6H2,1H3,(H,15,18)(H,16,19). The molecular weight excluding hydrogens is 258 g/mol. The summed E-state index contributed by atoms with van der Waals surface area (Å²) in [5, 5.41) is 13.0. The van der Waals surface area contributed by atoms with Crippen LogP contribution < -0.4 is 10.6 Å². The lowest BCUT2D eigenvalue weighted by atomic mass is 10.2. The van der Waals surface area contributed by atoms with Gasteiger partial charge in [0.05, 0.1) is 6.10 Å². The van der Waals surface area contributed by atoms with Crippen LogP contribution in [0.15, 0.2) is 18.2 Å². The fraction of sp³-hybridized carbons (Fsp3) is 0.333. The molecule has 7 heteroatoms. The van der Waals surface area contributed by atoms with Gasteiger partial charge in [-0.05, 0) is 25.5 Å². The summed E-state index contributed by atoms with van der Waals surface area (Å²) in [4.78, 5) is 22.7. The number of hydrogen-bond acceptors (Lipinski definition) is 3. The van der Waals surface area contributed by atoms with Crippen molar-refractivity contribution in [3.63, 3.8) is 0 Å². The Bertz CT molecular complexity index is 458. The van der Waals surface area contributed by atoms with Gasteiger partial charge in [-0.3, -0.25) is 9.59 Å². The van der Waals surface area contributed by atoms with Crippen molar-refractivity contribution in [2.75, 3.05) is 11.9 Å². The number of hydrogen-bond donors (Lipinski definition) is 3. The van der Waals surface area contributed by atoms with Crippen molar-refractivity contribution in [3.8, 4) is 0 Å². The van der Waals surface area contributed by atoms with Crippen molar-refractivity contribution in [3.05, 3.63) is 29.8 Å². The van der Waals surface area contributed by atoms with Gasteiger partial charge in [0.15, 0.2) is 0 Å². The first kappa shape index (κ1) is 15.0. The van der Waals surface area contributed by atoms with Crippen molar-refractivity contribution < 1.29 is 23.5 Å². The molecule has 0 aliphatic rings. The molecule has 0 radical (unpaired) electrons. The van der Waals surface area contributed by atoms with Crippen LogP contribution in [0.25, 0.3) is 0 Å². The van der Waals surface area contributed by atoms with Crippen LogP contribution in [-0.2, 0) is 9.59 Å². The topological polar surface area (TPSA) is 78.4 Å². The van der Waals surface area contributed by atoms with Crippen molar-refractivity contribution in [2.45, 2.75) is 19.4 Å². The molecule has 0 saturated carbocycles. The van der Waals surface area contributed by atoms with E-state index in [9.17, 15) is 18.4 Å². The molecule has 0 bridgehead atoms. The van der Waals surface area contributed by atoms with Crippen LogP contribution in [0.3, 0.4) is 0 Å². The molecule has 2 amide bonds. The van der Waals surface area contributed by atoms with E-state index in [0.29, 0.717) is 0 Å². The Morgan fingerprint density at radius 3 is 2.37 bits per heavy atom. The molecule has 5 nitrogen and oxygen atoms in total. The molecule has 3 N–H and O–H groups in total. The Morgan fingerprint density at radius 2 is 1.84 bits per heavy atom. The molecule has 0 fully saturated rings. The van der Waals surface area contributed by atoms with E-state index in [4.69, 9.17) is 5.11 Å². The molecule has 0 spiro atoms. The summed E-state index contributed by atoms with van der Waals surface area (Å²) < 4.78 is 26.4. The quantitative estimate of drug-likeness (QED) is 0.709. The van der Waals surface area contributed by atoms with Gasteiger partial charge in [0, 0.05) is 6.54 Å². The summed E-state index contributed by atoms with van der Waals surface area (Å²) >= 11 is 0. The number of nitrogens with one attached hydrogen (secondary N) is 2. The number of halogens is 2. The minimum absolute atomic E-state index is 0.0870. The fourth-order valence-electron chi connectivity index (χ4n) is 1.26. The van der Waals surface area contributed by atoms with Crippen molar-refractivity contribution in [1.82, 2.24) is 5.32 Å². The molecule has 1 aromatic rings. The minimum Gasteiger partial charge on any atom is -0.393 e. The van der Waals surface area contributed by atoms with Crippen LogP contribution in [0.4, 0.5) is 14.5 Å². The summed E-state index contributed by atoms with van der Waals surface area (Å²) in [7, 11) is 0. The smallest absolute Gasteiger partial charge is 0.313 e. The molecule has 0 aliphatic heterocycles. The van der Waals surface area contributed by atoms with Gasteiger partial charge in [0.1, 0.15) is 17.3 Å². The van der Waals surface area contributed by atoms with Crippen LogP contribution >= 0.6 is 0 Å². The SMILES string of the molecule is CC(O)CCNC(=O)C(=O)Nc1c(F)cccc1F. The summed E-state index contributed by atoms with van der Waals surface area (Å²) in [6.45, 7) is 1.62. The van der Waals surface area contributed by atoms with Gasteiger partial charge >= 0.3 is 11.8 Å². The van der Waals surface area contributed by atoms with E-state index < -0.39 is 35.2 Å². The van der Waals surface area contributed by atoms with Crippen LogP contribution in [0.1, 0.15) is 13.3 Å². The number of benzene rings is 1. The maximum atomic E-state index is 13.2. The molecule has 104 valence electrons. The number of aliphatic hydroxyl groups is 1. The number of aliphatic hydroxyl groups excluding tert-OH is 1. The van der Waals surface area contributed by atoms with Gasteiger partial charge in [-0.25, -0.2) is 8.78 Å². The average molecular weight is 272 g/mol. The maximum Gasteiger partial charge on any atom is 0.313 e. The lowest BCUT2D eigenvalue weighted by Crippen LogP contribution is -2.37. The summed E-state index contributed by atoms with van der Waals surface area (Å²) in [6, 6.07) is 3.07. The summed E-state index contributed by atoms with van der Waals surface area (Å²) in [5.74, 6) is -4.13. The zero-order chi connectivity index (χ0) is 14.4. The van der Waals surface area contributed by atoms with Crippen LogP contribution in [0.5, 0.6) is 0 Å². The largest absolute Gasteiger partial charge is 0.393 e. The van der Waals surface area contributed by atoms with E-state index in [1.807, 2.05) is 5.32 Å². The molecule has 0 saturated heterocycles. The molecule has 0 heterocycles. The molecule has 1 rings (SSSR count). The van der Waals surface area contributed by atoms with Crippen LogP contribution in [0, 0.1) is 11.6 Å². The molecule has 1 unspecified atom stereocenters. The van der Waals surface area contributed by atoms with Gasteiger partial charge in [-0.1, -0.05) is 6.07 Å². The fourth-order valence-corrected chi connectivity index (χ4v) is 1.26. The molecule has 19 heavy (non-hydrogen) atoms. The van der Waals surface area contributed by atoms with Gasteiger partial charge in [0.2, 0.25) is 0 Å². The number of para-hydroxylation sites is 1. The molecule has 0 aliphatic carbocycles. The van der Waals surface area contributed by atoms with Crippen LogP contribution in [0.2, 0.25) is 0 Å². The van der Waals surface area contributed by atoms with E-state index >= 15 is 0 Å². The third-order valence-electron chi connectivity index (χ3n) is 2.26. The summed E-state index contributed by atoms with van der Waals surface area (Å²) in [5.41, 5.74) is -0.668. The Hall–Kier alpha value is -2.02. The third kappa shape index (κ3) is 4.63. The predicted octanol–water partition coefficient (Wildman–Crippen LogP) is 0.790. The zero-order valence-electron chi connectivity index (χ0n) is 10.2. The Balaban J connectivity index is 2.57. The summed E-state index contributed by atoms with van der Waals surface area (Å²) in [6.07, 6.45) is -0.347. The maximum absolute atomic E-state index is 13.2. The normalized spacial score (nSPS) is 11.8. The van der Waals surface area contributed by atoms with Crippen LogP contribution in [-0.4, -0.2) is 29.6 Å². The highest BCUT2D eigenvalue weighted by molar-refractivity contribution is 6.39. The third-order valence-corrected chi connectivity index (χ3v) is 2.26. The monoisotopic (exact) mass is 272 g/mol. The van der Waals surface area contributed by atoms with Gasteiger partial charge in [-0.15, -0.1) is 0 Å². The average Bonchev–Trinajstić information content (AvgIpc) is 2.33. The molecule has 1 aromatic carbocycles. The van der Waals surface area contributed by atoms with E-state index in [-0.39, 0.29) is 13.0 Å². The zero-order valence-corrected chi connectivity index (χ0v) is 10.2. The number of carbonyl (C=O) groups is 2. The minimum atomic E-state index is -1.17. The highest BCUT2D eigenvalue weighted by atomic mass is 19.1.